The average Bonchev–Trinajstić information content (AvgIpc) is 3.03. The summed E-state index contributed by atoms with van der Waals surface area (Å²) in [6.07, 6.45) is 4.97. The summed E-state index contributed by atoms with van der Waals surface area (Å²) in [6, 6.07) is 10.7. The van der Waals surface area contributed by atoms with E-state index in [0.29, 0.717) is 11.9 Å². The Morgan fingerprint density at radius 2 is 2.16 bits per heavy atom. The van der Waals surface area contributed by atoms with Crippen molar-refractivity contribution in [3.8, 4) is 11.6 Å². The van der Waals surface area contributed by atoms with E-state index >= 15 is 0 Å². The smallest absolute Gasteiger partial charge is 0.217 e. The number of aromatic nitrogens is 2. The molecule has 0 spiro atoms. The van der Waals surface area contributed by atoms with Crippen LogP contribution in [0.5, 0.6) is 11.6 Å². The quantitative estimate of drug-likeness (QED) is 0.750. The Labute approximate surface area is 147 Å². The van der Waals surface area contributed by atoms with E-state index in [0.717, 1.165) is 37.1 Å². The van der Waals surface area contributed by atoms with E-state index in [1.165, 1.54) is 22.2 Å². The zero-order chi connectivity index (χ0) is 17.2. The first-order valence-corrected chi connectivity index (χ1v) is 8.67. The van der Waals surface area contributed by atoms with Crippen molar-refractivity contribution in [2.24, 2.45) is 0 Å². The zero-order valence-electron chi connectivity index (χ0n) is 14.6. The highest BCUT2D eigenvalue weighted by molar-refractivity contribution is 5.86. The predicted molar refractivity (Wildman–Crippen MR) is 98.3 cm³/mol. The number of hydrogen-bond donors (Lipinski definition) is 2. The van der Waals surface area contributed by atoms with Gasteiger partial charge in [-0.1, -0.05) is 6.07 Å². The Kier molecular flexibility index (Phi) is 4.32. The lowest BCUT2D eigenvalue weighted by molar-refractivity contribution is 0.385. The molecular formula is C20H23N3O2. The number of nitrogens with zero attached hydrogens (tertiary/aromatic N) is 1. The fraction of sp³-hybridized carbons (Fsp3) is 0.350. The van der Waals surface area contributed by atoms with E-state index in [2.05, 4.69) is 33.5 Å². The third-order valence-corrected chi connectivity index (χ3v) is 5.02. The number of H-pyrrole nitrogens is 1. The second-order valence-electron chi connectivity index (χ2n) is 6.49. The van der Waals surface area contributed by atoms with Crippen molar-refractivity contribution in [1.82, 2.24) is 15.3 Å². The van der Waals surface area contributed by atoms with Gasteiger partial charge in [0.15, 0.2) is 0 Å². The maximum Gasteiger partial charge on any atom is 0.217 e. The van der Waals surface area contributed by atoms with E-state index in [4.69, 9.17) is 9.47 Å². The van der Waals surface area contributed by atoms with Gasteiger partial charge < -0.3 is 19.8 Å². The molecule has 130 valence electrons. The highest BCUT2D eigenvalue weighted by atomic mass is 16.5. The molecule has 0 bridgehead atoms. The minimum absolute atomic E-state index is 0.447. The van der Waals surface area contributed by atoms with Gasteiger partial charge in [-0.05, 0) is 49.1 Å². The number of benzene rings is 1. The summed E-state index contributed by atoms with van der Waals surface area (Å²) in [6.45, 7) is 0.767. The van der Waals surface area contributed by atoms with Crippen molar-refractivity contribution >= 4 is 10.9 Å². The molecule has 1 atom stereocenters. The van der Waals surface area contributed by atoms with Crippen LogP contribution in [0, 0.1) is 0 Å². The number of hydrogen-bond acceptors (Lipinski definition) is 4. The number of ether oxygens (including phenoxy) is 2. The second-order valence-corrected chi connectivity index (χ2v) is 6.49. The van der Waals surface area contributed by atoms with Crippen LogP contribution in [0.4, 0.5) is 0 Å². The monoisotopic (exact) mass is 337 g/mol. The molecule has 2 heterocycles. The Bertz CT molecular complexity index is 888. The number of aryl methyl sites for hydroxylation is 1. The number of fused-ring (bicyclic) bond motifs is 3. The summed E-state index contributed by atoms with van der Waals surface area (Å²) in [5.41, 5.74) is 5.06. The van der Waals surface area contributed by atoms with E-state index < -0.39 is 0 Å². The van der Waals surface area contributed by atoms with Gasteiger partial charge in [0.05, 0.1) is 14.2 Å². The summed E-state index contributed by atoms with van der Waals surface area (Å²) in [5, 5.41) is 4.95. The molecule has 2 aromatic heterocycles. The predicted octanol–water partition coefficient (Wildman–Crippen LogP) is 3.23. The van der Waals surface area contributed by atoms with Crippen molar-refractivity contribution < 1.29 is 9.47 Å². The third kappa shape index (κ3) is 3.07. The molecule has 1 aliphatic rings. The lowest BCUT2D eigenvalue weighted by atomic mass is 9.91. The summed E-state index contributed by atoms with van der Waals surface area (Å²) >= 11 is 0. The van der Waals surface area contributed by atoms with Crippen molar-refractivity contribution in [1.29, 1.82) is 0 Å². The topological polar surface area (TPSA) is 59.2 Å². The van der Waals surface area contributed by atoms with Crippen LogP contribution in [0.3, 0.4) is 0 Å². The second kappa shape index (κ2) is 6.76. The van der Waals surface area contributed by atoms with E-state index in [-0.39, 0.29) is 0 Å². The largest absolute Gasteiger partial charge is 0.497 e. The molecule has 5 heteroatoms. The van der Waals surface area contributed by atoms with Crippen LogP contribution >= 0.6 is 0 Å². The Balaban J connectivity index is 1.52. The summed E-state index contributed by atoms with van der Waals surface area (Å²) in [5.74, 6) is 1.60. The Morgan fingerprint density at radius 1 is 1.24 bits per heavy atom. The summed E-state index contributed by atoms with van der Waals surface area (Å²) in [7, 11) is 3.38. The highest BCUT2D eigenvalue weighted by Crippen LogP contribution is 2.31. The first-order valence-electron chi connectivity index (χ1n) is 8.67. The molecule has 4 rings (SSSR count). The minimum atomic E-state index is 0.447. The zero-order valence-corrected chi connectivity index (χ0v) is 14.6. The molecule has 0 saturated heterocycles. The summed E-state index contributed by atoms with van der Waals surface area (Å²) in [4.78, 5) is 7.83. The fourth-order valence-electron chi connectivity index (χ4n) is 3.69. The molecule has 0 fully saturated rings. The Morgan fingerprint density at radius 3 is 3.00 bits per heavy atom. The number of rotatable bonds is 5. The van der Waals surface area contributed by atoms with Gasteiger partial charge in [-0.2, -0.15) is 0 Å². The Hall–Kier alpha value is -2.53. The molecular weight excluding hydrogens is 314 g/mol. The van der Waals surface area contributed by atoms with Gasteiger partial charge in [0.2, 0.25) is 5.88 Å². The maximum atomic E-state index is 5.39. The summed E-state index contributed by atoms with van der Waals surface area (Å²) < 4.78 is 10.7. The van der Waals surface area contributed by atoms with Crippen LogP contribution in [0.2, 0.25) is 0 Å². The standard InChI is InChI=1S/C20H23N3O2/c1-24-15-6-8-19-17(11-15)16-10-14(5-7-18(16)23-19)22-12-13-4-3-9-21-20(13)25-2/h3-4,6,8-9,11,14,22-23H,5,7,10,12H2,1-2H3. The van der Waals surface area contributed by atoms with Crippen LogP contribution in [-0.2, 0) is 19.4 Å². The lowest BCUT2D eigenvalue weighted by Crippen LogP contribution is -2.34. The van der Waals surface area contributed by atoms with Crippen molar-refractivity contribution in [2.45, 2.75) is 31.8 Å². The molecule has 0 amide bonds. The molecule has 0 radical (unpaired) electrons. The molecule has 5 nitrogen and oxygen atoms in total. The lowest BCUT2D eigenvalue weighted by Gasteiger charge is -2.24. The molecule has 1 aliphatic carbocycles. The van der Waals surface area contributed by atoms with Gasteiger partial charge in [0, 0.05) is 40.9 Å². The fourth-order valence-corrected chi connectivity index (χ4v) is 3.69. The van der Waals surface area contributed by atoms with E-state index in [1.807, 2.05) is 12.1 Å². The van der Waals surface area contributed by atoms with Gasteiger partial charge >= 0.3 is 0 Å². The van der Waals surface area contributed by atoms with Crippen molar-refractivity contribution in [3.63, 3.8) is 0 Å². The van der Waals surface area contributed by atoms with E-state index in [9.17, 15) is 0 Å². The first kappa shape index (κ1) is 16.0. The number of aromatic amines is 1. The highest BCUT2D eigenvalue weighted by Gasteiger charge is 2.22. The van der Waals surface area contributed by atoms with Gasteiger partial charge in [-0.25, -0.2) is 4.98 Å². The number of pyridine rings is 1. The molecule has 2 N–H and O–H groups in total. The van der Waals surface area contributed by atoms with Gasteiger partial charge in [-0.15, -0.1) is 0 Å². The average molecular weight is 337 g/mol. The first-order chi connectivity index (χ1) is 12.3. The molecule has 25 heavy (non-hydrogen) atoms. The van der Waals surface area contributed by atoms with Crippen LogP contribution in [0.1, 0.15) is 23.2 Å². The van der Waals surface area contributed by atoms with Gasteiger partial charge in [0.25, 0.3) is 0 Å². The normalized spacial score (nSPS) is 16.6. The third-order valence-electron chi connectivity index (χ3n) is 5.02. The van der Waals surface area contributed by atoms with Crippen molar-refractivity contribution in [2.75, 3.05) is 14.2 Å². The van der Waals surface area contributed by atoms with Gasteiger partial charge in [0.1, 0.15) is 5.75 Å². The van der Waals surface area contributed by atoms with E-state index in [1.54, 1.807) is 20.4 Å². The number of nitrogens with one attached hydrogen (secondary N) is 2. The maximum absolute atomic E-state index is 5.39. The molecule has 0 saturated carbocycles. The molecule has 3 aromatic rings. The van der Waals surface area contributed by atoms with Crippen LogP contribution in [-0.4, -0.2) is 30.2 Å². The van der Waals surface area contributed by atoms with Crippen LogP contribution in [0.15, 0.2) is 36.5 Å². The molecule has 1 aromatic carbocycles. The van der Waals surface area contributed by atoms with Gasteiger partial charge in [-0.3, -0.25) is 0 Å². The van der Waals surface area contributed by atoms with Crippen LogP contribution in [0.25, 0.3) is 10.9 Å². The molecule has 0 aliphatic heterocycles. The minimum Gasteiger partial charge on any atom is -0.497 e. The SMILES string of the molecule is COc1ccc2[nH]c3c(c2c1)CC(NCc1cccnc1OC)CC3. The van der Waals surface area contributed by atoms with Crippen LogP contribution < -0.4 is 14.8 Å². The van der Waals surface area contributed by atoms with Crippen molar-refractivity contribution in [3.05, 3.63) is 53.3 Å². The number of methoxy groups -OCH3 is 2. The molecule has 1 unspecified atom stereocenters.